The number of hydroxylamine groups is 2. The molecule has 10 nitrogen and oxygen atoms in total. The summed E-state index contributed by atoms with van der Waals surface area (Å²) in [6.45, 7) is 3.69. The van der Waals surface area contributed by atoms with E-state index in [1.54, 1.807) is 6.92 Å². The third-order valence-corrected chi connectivity index (χ3v) is 6.33. The van der Waals surface area contributed by atoms with Crippen molar-refractivity contribution in [2.45, 2.75) is 64.6 Å². The molecule has 1 aliphatic rings. The number of rotatable bonds is 12. The number of imide groups is 1. The van der Waals surface area contributed by atoms with Crippen LogP contribution in [0.2, 0.25) is 0 Å². The van der Waals surface area contributed by atoms with Crippen LogP contribution in [0.4, 0.5) is 4.79 Å². The first-order chi connectivity index (χ1) is 18.3. The van der Waals surface area contributed by atoms with Crippen LogP contribution < -0.4 is 10.6 Å². The Morgan fingerprint density at radius 1 is 0.895 bits per heavy atom. The zero-order valence-electron chi connectivity index (χ0n) is 21.6. The lowest BCUT2D eigenvalue weighted by molar-refractivity contribution is -0.199. The first kappa shape index (κ1) is 28.4. The molecule has 2 N–H and O–H groups in total. The summed E-state index contributed by atoms with van der Waals surface area (Å²) in [6, 6.07) is 16.3. The lowest BCUT2D eigenvalue weighted by atomic mass is 9.97. The van der Waals surface area contributed by atoms with Crippen molar-refractivity contribution < 1.29 is 33.5 Å². The Labute approximate surface area is 221 Å². The average molecular weight is 524 g/mol. The van der Waals surface area contributed by atoms with Gasteiger partial charge in [-0.05, 0) is 29.9 Å². The fraction of sp³-hybridized carbons (Fsp3) is 0.393. The number of nitrogens with zero attached hydrogens (tertiary/aromatic N) is 1. The molecular weight excluding hydrogens is 490 g/mol. The molecule has 38 heavy (non-hydrogen) atoms. The molecule has 1 heterocycles. The van der Waals surface area contributed by atoms with Crippen molar-refractivity contribution in [2.24, 2.45) is 5.92 Å². The third-order valence-electron chi connectivity index (χ3n) is 6.33. The second kappa shape index (κ2) is 13.9. The highest BCUT2D eigenvalue weighted by molar-refractivity contribution is 6.02. The Balaban J connectivity index is 1.69. The number of amides is 4. The number of carbonyl (C=O) groups is 5. The van der Waals surface area contributed by atoms with E-state index in [-0.39, 0.29) is 31.8 Å². The number of alkyl carbamates (subject to hydrolysis) is 1. The Hall–Kier alpha value is -4.21. The third kappa shape index (κ3) is 8.16. The van der Waals surface area contributed by atoms with Crippen LogP contribution in [0.15, 0.2) is 60.7 Å². The molecule has 3 atom stereocenters. The molecule has 0 spiro atoms. The van der Waals surface area contributed by atoms with Gasteiger partial charge in [0, 0.05) is 12.8 Å². The van der Waals surface area contributed by atoms with E-state index in [1.165, 1.54) is 0 Å². The van der Waals surface area contributed by atoms with Gasteiger partial charge in [0.05, 0.1) is 0 Å². The van der Waals surface area contributed by atoms with Gasteiger partial charge in [0.1, 0.15) is 18.7 Å². The smallest absolute Gasteiger partial charge is 0.408 e. The minimum absolute atomic E-state index is 0.0332. The van der Waals surface area contributed by atoms with Crippen molar-refractivity contribution in [3.63, 3.8) is 0 Å². The Morgan fingerprint density at radius 3 is 2.05 bits per heavy atom. The van der Waals surface area contributed by atoms with Gasteiger partial charge >= 0.3 is 12.1 Å². The number of hydrogen-bond acceptors (Lipinski definition) is 7. The Bertz CT molecular complexity index is 1110. The van der Waals surface area contributed by atoms with Gasteiger partial charge < -0.3 is 20.2 Å². The predicted molar refractivity (Wildman–Crippen MR) is 137 cm³/mol. The zero-order chi connectivity index (χ0) is 27.5. The second-order valence-electron chi connectivity index (χ2n) is 9.15. The number of nitrogens with one attached hydrogen (secondary N) is 2. The van der Waals surface area contributed by atoms with E-state index in [4.69, 9.17) is 9.57 Å². The predicted octanol–water partition coefficient (Wildman–Crippen LogP) is 3.05. The van der Waals surface area contributed by atoms with E-state index in [2.05, 4.69) is 10.6 Å². The fourth-order valence-electron chi connectivity index (χ4n) is 3.87. The van der Waals surface area contributed by atoms with Crippen molar-refractivity contribution >= 4 is 29.8 Å². The number of ether oxygens (including phenoxy) is 1. The summed E-state index contributed by atoms with van der Waals surface area (Å²) in [5, 5.41) is 5.70. The highest BCUT2D eigenvalue weighted by Crippen LogP contribution is 2.15. The second-order valence-corrected chi connectivity index (χ2v) is 9.15. The minimum atomic E-state index is -1.17. The Morgan fingerprint density at radius 2 is 1.47 bits per heavy atom. The average Bonchev–Trinajstić information content (AvgIpc) is 3.25. The topological polar surface area (TPSA) is 131 Å². The molecule has 10 heteroatoms. The van der Waals surface area contributed by atoms with E-state index in [1.807, 2.05) is 67.6 Å². The van der Waals surface area contributed by atoms with Crippen molar-refractivity contribution in [3.8, 4) is 0 Å². The summed E-state index contributed by atoms with van der Waals surface area (Å²) in [5.74, 6) is -3.06. The summed E-state index contributed by atoms with van der Waals surface area (Å²) in [4.78, 5) is 67.8. The molecule has 4 amide bonds. The maximum Gasteiger partial charge on any atom is 0.408 e. The van der Waals surface area contributed by atoms with Crippen LogP contribution >= 0.6 is 0 Å². The van der Waals surface area contributed by atoms with Gasteiger partial charge in [0.15, 0.2) is 0 Å². The Kier molecular flexibility index (Phi) is 10.4. The molecule has 0 aromatic heterocycles. The molecule has 0 unspecified atom stereocenters. The molecule has 0 bridgehead atoms. The molecule has 0 saturated carbocycles. The van der Waals surface area contributed by atoms with Gasteiger partial charge in [0.25, 0.3) is 11.8 Å². The first-order valence-corrected chi connectivity index (χ1v) is 12.7. The van der Waals surface area contributed by atoms with E-state index in [9.17, 15) is 24.0 Å². The molecule has 2 aromatic carbocycles. The normalized spacial score (nSPS) is 15.4. The van der Waals surface area contributed by atoms with Crippen LogP contribution in [-0.4, -0.2) is 46.9 Å². The van der Waals surface area contributed by atoms with Crippen molar-refractivity contribution in [3.05, 3.63) is 71.8 Å². The first-order valence-electron chi connectivity index (χ1n) is 12.7. The van der Waals surface area contributed by atoms with E-state index in [0.29, 0.717) is 17.9 Å². The van der Waals surface area contributed by atoms with Gasteiger partial charge in [-0.3, -0.25) is 14.4 Å². The van der Waals surface area contributed by atoms with Crippen LogP contribution in [0.25, 0.3) is 0 Å². The summed E-state index contributed by atoms with van der Waals surface area (Å²) in [5.41, 5.74) is 1.72. The minimum Gasteiger partial charge on any atom is -0.445 e. The van der Waals surface area contributed by atoms with E-state index >= 15 is 0 Å². The molecule has 1 saturated heterocycles. The van der Waals surface area contributed by atoms with Crippen LogP contribution in [0.1, 0.15) is 50.7 Å². The fourth-order valence-corrected chi connectivity index (χ4v) is 3.87. The summed E-state index contributed by atoms with van der Waals surface area (Å²) in [7, 11) is 0. The standard InChI is InChI=1S/C28H33N3O7/c1-3-19(2)25(30-28(36)37-18-21-12-8-5-9-13-21)26(34)29-22(15-14-20-10-6-4-7-11-20)27(35)38-31-23(32)16-17-24(31)33/h4-13,19,22,25H,3,14-18H2,1-2H3,(H,29,34)(H,30,36)/t19-,22-,25-/m0/s1. The lowest BCUT2D eigenvalue weighted by Gasteiger charge is -2.26. The van der Waals surface area contributed by atoms with Crippen molar-refractivity contribution in [1.29, 1.82) is 0 Å². The maximum absolute atomic E-state index is 13.3. The van der Waals surface area contributed by atoms with E-state index < -0.39 is 41.9 Å². The lowest BCUT2D eigenvalue weighted by Crippen LogP contribution is -2.55. The summed E-state index contributed by atoms with van der Waals surface area (Å²) < 4.78 is 5.27. The van der Waals surface area contributed by atoms with Crippen molar-refractivity contribution in [2.75, 3.05) is 0 Å². The van der Waals surface area contributed by atoms with Gasteiger partial charge in [0.2, 0.25) is 5.91 Å². The van der Waals surface area contributed by atoms with Crippen LogP contribution in [0.5, 0.6) is 0 Å². The number of aryl methyl sites for hydroxylation is 1. The number of carbonyl (C=O) groups excluding carboxylic acids is 5. The zero-order valence-corrected chi connectivity index (χ0v) is 21.6. The molecule has 2 aromatic rings. The van der Waals surface area contributed by atoms with Gasteiger partial charge in [-0.1, -0.05) is 80.9 Å². The maximum atomic E-state index is 13.3. The van der Waals surface area contributed by atoms with Gasteiger partial charge in [-0.15, -0.1) is 5.06 Å². The van der Waals surface area contributed by atoms with E-state index in [0.717, 1.165) is 11.1 Å². The quantitative estimate of drug-likeness (QED) is 0.409. The molecule has 0 radical (unpaired) electrons. The van der Waals surface area contributed by atoms with Gasteiger partial charge in [-0.2, -0.15) is 0 Å². The summed E-state index contributed by atoms with van der Waals surface area (Å²) >= 11 is 0. The largest absolute Gasteiger partial charge is 0.445 e. The van der Waals surface area contributed by atoms with Gasteiger partial charge in [-0.25, -0.2) is 9.59 Å². The van der Waals surface area contributed by atoms with Crippen LogP contribution in [0, 0.1) is 5.92 Å². The highest BCUT2D eigenvalue weighted by Gasteiger charge is 2.36. The molecule has 202 valence electrons. The molecular formula is C28H33N3O7. The molecule has 1 aliphatic heterocycles. The highest BCUT2D eigenvalue weighted by atomic mass is 16.7. The van der Waals surface area contributed by atoms with Crippen LogP contribution in [0.3, 0.4) is 0 Å². The monoisotopic (exact) mass is 523 g/mol. The van der Waals surface area contributed by atoms with Crippen molar-refractivity contribution in [1.82, 2.24) is 15.7 Å². The summed E-state index contributed by atoms with van der Waals surface area (Å²) in [6.07, 6.45) is 0.273. The number of benzene rings is 2. The number of hydrogen-bond donors (Lipinski definition) is 2. The molecule has 3 rings (SSSR count). The molecule has 1 fully saturated rings. The van der Waals surface area contributed by atoms with Crippen LogP contribution in [-0.2, 0) is 41.8 Å². The molecule has 0 aliphatic carbocycles. The SMILES string of the molecule is CC[C@H](C)[C@H](NC(=O)OCc1ccccc1)C(=O)N[C@@H](CCc1ccccc1)C(=O)ON1C(=O)CCC1=O.